The smallest absolute Gasteiger partial charge is 0.0621 e. The number of hydrogen-bond acceptors (Lipinski definition) is 2. The van der Waals surface area contributed by atoms with Crippen LogP contribution < -0.4 is 0 Å². The lowest BCUT2D eigenvalue weighted by Gasteiger charge is -2.41. The maximum absolute atomic E-state index is 10.6. The molecule has 2 rings (SSSR count). The molecule has 1 fully saturated rings. The van der Waals surface area contributed by atoms with Crippen LogP contribution in [0.25, 0.3) is 0 Å². The summed E-state index contributed by atoms with van der Waals surface area (Å²) in [5.74, 6) is 0.471. The van der Waals surface area contributed by atoms with Gasteiger partial charge < -0.3 is 5.11 Å². The van der Waals surface area contributed by atoms with Crippen molar-refractivity contribution in [2.45, 2.75) is 65.4 Å². The summed E-state index contributed by atoms with van der Waals surface area (Å²) in [5.41, 5.74) is 0.308. The van der Waals surface area contributed by atoms with Crippen LogP contribution >= 0.6 is 11.3 Å². The lowest BCUT2D eigenvalue weighted by atomic mass is 9.66. The van der Waals surface area contributed by atoms with Gasteiger partial charge in [0.2, 0.25) is 0 Å². The zero-order valence-electron chi connectivity index (χ0n) is 11.9. The summed E-state index contributed by atoms with van der Waals surface area (Å²) in [6.45, 7) is 6.84. The van der Waals surface area contributed by atoms with Gasteiger partial charge >= 0.3 is 0 Å². The molecule has 0 radical (unpaired) electrons. The Morgan fingerprint density at radius 1 is 1.33 bits per heavy atom. The second-order valence-corrected chi connectivity index (χ2v) is 7.59. The van der Waals surface area contributed by atoms with E-state index in [1.165, 1.54) is 35.4 Å². The minimum atomic E-state index is -0.163. The minimum absolute atomic E-state index is 0.163. The first-order chi connectivity index (χ1) is 8.53. The third-order valence-corrected chi connectivity index (χ3v) is 5.78. The van der Waals surface area contributed by atoms with Gasteiger partial charge in [0, 0.05) is 16.2 Å². The second-order valence-electron chi connectivity index (χ2n) is 6.33. The number of aliphatic hydroxyl groups excluding tert-OH is 1. The molecular formula is C16H26OS. The fraction of sp³-hybridized carbons (Fsp3) is 0.750. The molecule has 18 heavy (non-hydrogen) atoms. The molecule has 0 amide bonds. The van der Waals surface area contributed by atoms with Crippen LogP contribution in [0.2, 0.25) is 0 Å². The predicted molar refractivity (Wildman–Crippen MR) is 79.1 cm³/mol. The van der Waals surface area contributed by atoms with Crippen LogP contribution in [0.4, 0.5) is 0 Å². The Kier molecular flexibility index (Phi) is 4.50. The van der Waals surface area contributed by atoms with E-state index in [0.717, 1.165) is 12.8 Å². The molecule has 0 bridgehead atoms. The van der Waals surface area contributed by atoms with Crippen molar-refractivity contribution in [2.24, 2.45) is 11.3 Å². The molecule has 102 valence electrons. The van der Waals surface area contributed by atoms with Gasteiger partial charge in [-0.1, -0.05) is 33.6 Å². The van der Waals surface area contributed by atoms with E-state index >= 15 is 0 Å². The summed E-state index contributed by atoms with van der Waals surface area (Å²) >= 11 is 1.87. The molecule has 1 heterocycles. The molecule has 1 aromatic heterocycles. The third-order valence-electron chi connectivity index (χ3n) is 4.53. The van der Waals surface area contributed by atoms with E-state index in [-0.39, 0.29) is 6.10 Å². The largest absolute Gasteiger partial charge is 0.392 e. The third kappa shape index (κ3) is 3.16. The second kappa shape index (κ2) is 5.75. The lowest BCUT2D eigenvalue weighted by molar-refractivity contribution is 0.00622. The predicted octanol–water partition coefficient (Wildman–Crippen LogP) is 4.43. The molecule has 1 aliphatic rings. The summed E-state index contributed by atoms with van der Waals surface area (Å²) in [6, 6.07) is 4.40. The van der Waals surface area contributed by atoms with E-state index in [1.807, 2.05) is 11.3 Å². The van der Waals surface area contributed by atoms with Crippen molar-refractivity contribution in [2.75, 3.05) is 0 Å². The van der Waals surface area contributed by atoms with Crippen molar-refractivity contribution < 1.29 is 5.11 Å². The molecule has 0 saturated heterocycles. The van der Waals surface area contributed by atoms with Crippen LogP contribution in [0.1, 0.15) is 56.2 Å². The van der Waals surface area contributed by atoms with E-state index in [4.69, 9.17) is 0 Å². The average Bonchev–Trinajstić information content (AvgIpc) is 2.76. The maximum Gasteiger partial charge on any atom is 0.0621 e. The SMILES string of the molecule is CCc1ccc(CC(O)C2CCCCC2(C)C)s1. The number of rotatable bonds is 4. The molecule has 2 unspecified atom stereocenters. The van der Waals surface area contributed by atoms with Gasteiger partial charge in [-0.3, -0.25) is 0 Å². The van der Waals surface area contributed by atoms with E-state index in [9.17, 15) is 5.11 Å². The van der Waals surface area contributed by atoms with Crippen molar-refractivity contribution >= 4 is 11.3 Å². The maximum atomic E-state index is 10.6. The van der Waals surface area contributed by atoms with Gasteiger partial charge in [-0.2, -0.15) is 0 Å². The van der Waals surface area contributed by atoms with Crippen molar-refractivity contribution in [1.82, 2.24) is 0 Å². The summed E-state index contributed by atoms with van der Waals surface area (Å²) < 4.78 is 0. The number of hydrogen-bond donors (Lipinski definition) is 1. The van der Waals surface area contributed by atoms with Crippen LogP contribution in [0.5, 0.6) is 0 Å². The molecule has 1 nitrogen and oxygen atoms in total. The van der Waals surface area contributed by atoms with Gasteiger partial charge in [-0.15, -0.1) is 11.3 Å². The molecule has 0 spiro atoms. The highest BCUT2D eigenvalue weighted by atomic mass is 32.1. The zero-order valence-corrected chi connectivity index (χ0v) is 12.7. The van der Waals surface area contributed by atoms with E-state index < -0.39 is 0 Å². The van der Waals surface area contributed by atoms with Gasteiger partial charge in [-0.05, 0) is 42.7 Å². The molecule has 1 aromatic rings. The zero-order chi connectivity index (χ0) is 13.2. The normalized spacial score (nSPS) is 25.0. The van der Waals surface area contributed by atoms with Crippen molar-refractivity contribution in [1.29, 1.82) is 0 Å². The van der Waals surface area contributed by atoms with Crippen LogP contribution in [0.3, 0.4) is 0 Å². The number of thiophene rings is 1. The number of aliphatic hydroxyl groups is 1. The molecule has 1 aliphatic carbocycles. The summed E-state index contributed by atoms with van der Waals surface area (Å²) in [6.07, 6.45) is 6.86. The molecule has 1 N–H and O–H groups in total. The van der Waals surface area contributed by atoms with Crippen molar-refractivity contribution in [3.05, 3.63) is 21.9 Å². The van der Waals surface area contributed by atoms with Gasteiger partial charge in [0.25, 0.3) is 0 Å². The van der Waals surface area contributed by atoms with Crippen molar-refractivity contribution in [3.8, 4) is 0 Å². The van der Waals surface area contributed by atoms with E-state index in [0.29, 0.717) is 11.3 Å². The van der Waals surface area contributed by atoms with E-state index in [1.54, 1.807) is 0 Å². The van der Waals surface area contributed by atoms with Gasteiger partial charge in [0.05, 0.1) is 6.10 Å². The molecule has 0 aromatic carbocycles. The number of aryl methyl sites for hydroxylation is 1. The highest BCUT2D eigenvalue weighted by Gasteiger charge is 2.36. The Morgan fingerprint density at radius 3 is 2.67 bits per heavy atom. The first kappa shape index (κ1) is 14.1. The summed E-state index contributed by atoms with van der Waals surface area (Å²) in [5, 5.41) is 10.6. The van der Waals surface area contributed by atoms with Gasteiger partial charge in [-0.25, -0.2) is 0 Å². The monoisotopic (exact) mass is 266 g/mol. The fourth-order valence-corrected chi connectivity index (χ4v) is 4.31. The standard InChI is InChI=1S/C16H26OS/c1-4-12-8-9-13(18-12)11-15(17)14-7-5-6-10-16(14,2)3/h8-9,14-15,17H,4-7,10-11H2,1-3H3. The van der Waals surface area contributed by atoms with Crippen LogP contribution in [-0.2, 0) is 12.8 Å². The minimum Gasteiger partial charge on any atom is -0.392 e. The summed E-state index contributed by atoms with van der Waals surface area (Å²) in [7, 11) is 0. The highest BCUT2D eigenvalue weighted by molar-refractivity contribution is 7.11. The lowest BCUT2D eigenvalue weighted by Crippen LogP contribution is -2.37. The van der Waals surface area contributed by atoms with Gasteiger partial charge in [0.15, 0.2) is 0 Å². The first-order valence-electron chi connectivity index (χ1n) is 7.28. The van der Waals surface area contributed by atoms with Gasteiger partial charge in [0.1, 0.15) is 0 Å². The molecule has 2 atom stereocenters. The average molecular weight is 266 g/mol. The molecular weight excluding hydrogens is 240 g/mol. The highest BCUT2D eigenvalue weighted by Crippen LogP contribution is 2.43. The Bertz CT molecular complexity index is 380. The molecule has 2 heteroatoms. The van der Waals surface area contributed by atoms with Crippen LogP contribution in [0.15, 0.2) is 12.1 Å². The van der Waals surface area contributed by atoms with Crippen molar-refractivity contribution in [3.63, 3.8) is 0 Å². The topological polar surface area (TPSA) is 20.2 Å². The fourth-order valence-electron chi connectivity index (χ4n) is 3.30. The Morgan fingerprint density at radius 2 is 2.06 bits per heavy atom. The van der Waals surface area contributed by atoms with Crippen LogP contribution in [-0.4, -0.2) is 11.2 Å². The Balaban J connectivity index is 2.00. The quantitative estimate of drug-likeness (QED) is 0.854. The Labute approximate surface area is 115 Å². The first-order valence-corrected chi connectivity index (χ1v) is 8.10. The summed E-state index contributed by atoms with van der Waals surface area (Å²) in [4.78, 5) is 2.78. The molecule has 1 saturated carbocycles. The Hall–Kier alpha value is -0.340. The van der Waals surface area contributed by atoms with E-state index in [2.05, 4.69) is 32.9 Å². The van der Waals surface area contributed by atoms with Crippen LogP contribution in [0, 0.1) is 11.3 Å². The molecule has 0 aliphatic heterocycles.